The van der Waals surface area contributed by atoms with Crippen LogP contribution in [0, 0.1) is 0 Å². The molecule has 2 heterocycles. The van der Waals surface area contributed by atoms with E-state index in [2.05, 4.69) is 48.2 Å². The zero-order valence-corrected chi connectivity index (χ0v) is 13.3. The molecule has 1 atom stereocenters. The average Bonchev–Trinajstić information content (AvgIpc) is 2.86. The van der Waals surface area contributed by atoms with E-state index in [1.54, 1.807) is 0 Å². The first-order valence-corrected chi connectivity index (χ1v) is 8.62. The van der Waals surface area contributed by atoms with E-state index in [4.69, 9.17) is 0 Å². The molecule has 1 nitrogen and oxygen atoms in total. The first-order chi connectivity index (χ1) is 7.79. The molecule has 1 aromatic heterocycles. The van der Waals surface area contributed by atoms with Crippen molar-refractivity contribution in [2.75, 3.05) is 11.9 Å². The Hall–Kier alpha value is 0.620. The molecule has 0 spiro atoms. The van der Waals surface area contributed by atoms with Crippen LogP contribution in [0.3, 0.4) is 0 Å². The molecule has 90 valence electrons. The van der Waals surface area contributed by atoms with Crippen LogP contribution in [0.15, 0.2) is 15.9 Å². The third-order valence-electron chi connectivity index (χ3n) is 3.15. The van der Waals surface area contributed by atoms with Gasteiger partial charge in [0.15, 0.2) is 0 Å². The van der Waals surface area contributed by atoms with Gasteiger partial charge in [-0.1, -0.05) is 15.9 Å². The molecule has 0 aromatic carbocycles. The van der Waals surface area contributed by atoms with E-state index in [0.717, 1.165) is 17.9 Å². The minimum absolute atomic E-state index is 0.818. The molecule has 0 aliphatic carbocycles. The van der Waals surface area contributed by atoms with Crippen molar-refractivity contribution in [1.82, 2.24) is 4.90 Å². The molecule has 1 aliphatic rings. The van der Waals surface area contributed by atoms with Gasteiger partial charge in [0.25, 0.3) is 0 Å². The first kappa shape index (κ1) is 13.1. The first-order valence-electron chi connectivity index (χ1n) is 5.82. The number of hydrogen-bond donors (Lipinski definition) is 0. The van der Waals surface area contributed by atoms with E-state index in [1.807, 2.05) is 11.3 Å². The highest BCUT2D eigenvalue weighted by atomic mass is 79.9. The van der Waals surface area contributed by atoms with Crippen molar-refractivity contribution in [3.63, 3.8) is 0 Å². The highest BCUT2D eigenvalue weighted by Crippen LogP contribution is 2.27. The van der Waals surface area contributed by atoms with Gasteiger partial charge in [-0.25, -0.2) is 0 Å². The van der Waals surface area contributed by atoms with E-state index in [0.29, 0.717) is 0 Å². The Bertz CT molecular complexity index is 327. The summed E-state index contributed by atoms with van der Waals surface area (Å²) < 4.78 is 1.23. The van der Waals surface area contributed by atoms with Crippen molar-refractivity contribution in [1.29, 1.82) is 0 Å². The third-order valence-corrected chi connectivity index (χ3v) is 5.39. The van der Waals surface area contributed by atoms with Crippen molar-refractivity contribution in [2.45, 2.75) is 38.3 Å². The Morgan fingerprint density at radius 2 is 2.38 bits per heavy atom. The van der Waals surface area contributed by atoms with Crippen LogP contribution >= 0.6 is 43.2 Å². The minimum Gasteiger partial charge on any atom is -0.295 e. The number of hydrogen-bond acceptors (Lipinski definition) is 2. The number of likely N-dealkylation sites (tertiary alicyclic amines) is 1. The molecule has 1 unspecified atom stereocenters. The molecule has 1 aromatic rings. The molecule has 4 heteroatoms. The number of thiophene rings is 1. The van der Waals surface area contributed by atoms with Crippen molar-refractivity contribution in [3.8, 4) is 0 Å². The maximum absolute atomic E-state index is 3.52. The number of nitrogens with zero attached hydrogens (tertiary/aromatic N) is 1. The maximum atomic E-state index is 3.52. The normalized spacial score (nSPS) is 21.8. The standard InChI is InChI=1S/C12H17Br2NS/c13-5-1-3-11-4-2-6-15(11)8-12-7-10(14)9-16-12/h7,9,11H,1-6,8H2. The summed E-state index contributed by atoms with van der Waals surface area (Å²) in [6.07, 6.45) is 5.41. The summed E-state index contributed by atoms with van der Waals surface area (Å²) in [5.41, 5.74) is 0. The Kier molecular flexibility index (Phi) is 5.33. The van der Waals surface area contributed by atoms with Crippen LogP contribution < -0.4 is 0 Å². The van der Waals surface area contributed by atoms with Crippen LogP contribution in [0.2, 0.25) is 0 Å². The predicted octanol–water partition coefficient (Wildman–Crippen LogP) is 4.65. The topological polar surface area (TPSA) is 3.24 Å². The Balaban J connectivity index is 1.88. The fraction of sp³-hybridized carbons (Fsp3) is 0.667. The zero-order chi connectivity index (χ0) is 11.4. The highest BCUT2D eigenvalue weighted by molar-refractivity contribution is 9.10. The van der Waals surface area contributed by atoms with Crippen LogP contribution in [-0.2, 0) is 6.54 Å². The highest BCUT2D eigenvalue weighted by Gasteiger charge is 2.24. The molecule has 0 bridgehead atoms. The molecular formula is C12H17Br2NS. The van der Waals surface area contributed by atoms with E-state index in [1.165, 1.54) is 41.6 Å². The lowest BCUT2D eigenvalue weighted by molar-refractivity contribution is 0.236. The predicted molar refractivity (Wildman–Crippen MR) is 78.5 cm³/mol. The minimum atomic E-state index is 0.818. The third kappa shape index (κ3) is 3.56. The summed E-state index contributed by atoms with van der Waals surface area (Å²) in [5.74, 6) is 0. The van der Waals surface area contributed by atoms with Crippen LogP contribution in [0.5, 0.6) is 0 Å². The summed E-state index contributed by atoms with van der Waals surface area (Å²) in [5, 5.41) is 3.32. The van der Waals surface area contributed by atoms with E-state index in [-0.39, 0.29) is 0 Å². The SMILES string of the molecule is BrCCCC1CCCN1Cc1cc(Br)cs1. The van der Waals surface area contributed by atoms with E-state index in [9.17, 15) is 0 Å². The quantitative estimate of drug-likeness (QED) is 0.685. The van der Waals surface area contributed by atoms with Crippen LogP contribution in [0.1, 0.15) is 30.6 Å². The molecule has 0 N–H and O–H groups in total. The molecule has 1 saturated heterocycles. The van der Waals surface area contributed by atoms with E-state index < -0.39 is 0 Å². The summed E-state index contributed by atoms with van der Waals surface area (Å²) in [6.45, 7) is 2.42. The lowest BCUT2D eigenvalue weighted by Gasteiger charge is -2.23. The van der Waals surface area contributed by atoms with Gasteiger partial charge in [-0.15, -0.1) is 11.3 Å². The Morgan fingerprint density at radius 3 is 3.06 bits per heavy atom. The molecule has 0 radical (unpaired) electrons. The molecule has 1 aliphatic heterocycles. The van der Waals surface area contributed by atoms with Crippen molar-refractivity contribution in [2.24, 2.45) is 0 Å². The molecule has 16 heavy (non-hydrogen) atoms. The average molecular weight is 367 g/mol. The van der Waals surface area contributed by atoms with Crippen molar-refractivity contribution >= 4 is 43.2 Å². The Morgan fingerprint density at radius 1 is 1.50 bits per heavy atom. The van der Waals surface area contributed by atoms with Gasteiger partial charge in [0.1, 0.15) is 0 Å². The second kappa shape index (κ2) is 6.53. The van der Waals surface area contributed by atoms with Crippen molar-refractivity contribution < 1.29 is 0 Å². The Labute approximate surface area is 118 Å². The zero-order valence-electron chi connectivity index (χ0n) is 9.29. The fourth-order valence-corrected chi connectivity index (χ4v) is 4.18. The lowest BCUT2D eigenvalue weighted by atomic mass is 10.1. The van der Waals surface area contributed by atoms with Crippen LogP contribution in [-0.4, -0.2) is 22.8 Å². The summed E-state index contributed by atoms with van der Waals surface area (Å²) in [7, 11) is 0. The van der Waals surface area contributed by atoms with Gasteiger partial charge in [0.05, 0.1) is 0 Å². The molecule has 1 fully saturated rings. The lowest BCUT2D eigenvalue weighted by Crippen LogP contribution is -2.28. The molecular weight excluding hydrogens is 350 g/mol. The molecule has 0 saturated carbocycles. The maximum Gasteiger partial charge on any atom is 0.0331 e. The smallest absolute Gasteiger partial charge is 0.0331 e. The largest absolute Gasteiger partial charge is 0.295 e. The second-order valence-electron chi connectivity index (χ2n) is 4.33. The van der Waals surface area contributed by atoms with Gasteiger partial charge < -0.3 is 0 Å². The van der Waals surface area contributed by atoms with Gasteiger partial charge in [0, 0.05) is 32.6 Å². The summed E-state index contributed by atoms with van der Waals surface area (Å²) in [4.78, 5) is 4.14. The molecule has 0 amide bonds. The van der Waals surface area contributed by atoms with Gasteiger partial charge >= 0.3 is 0 Å². The fourth-order valence-electron chi connectivity index (χ4n) is 2.38. The van der Waals surface area contributed by atoms with Gasteiger partial charge in [-0.2, -0.15) is 0 Å². The van der Waals surface area contributed by atoms with E-state index >= 15 is 0 Å². The van der Waals surface area contributed by atoms with Gasteiger partial charge in [-0.3, -0.25) is 4.90 Å². The number of rotatable bonds is 5. The van der Waals surface area contributed by atoms with Gasteiger partial charge in [-0.05, 0) is 54.2 Å². The van der Waals surface area contributed by atoms with Crippen LogP contribution in [0.4, 0.5) is 0 Å². The molecule has 2 rings (SSSR count). The number of halogens is 2. The summed E-state index contributed by atoms with van der Waals surface area (Å²) in [6, 6.07) is 3.07. The number of alkyl halides is 1. The van der Waals surface area contributed by atoms with Crippen LogP contribution in [0.25, 0.3) is 0 Å². The monoisotopic (exact) mass is 365 g/mol. The second-order valence-corrected chi connectivity index (χ2v) is 7.03. The van der Waals surface area contributed by atoms with Gasteiger partial charge in [0.2, 0.25) is 0 Å². The van der Waals surface area contributed by atoms with Crippen molar-refractivity contribution in [3.05, 3.63) is 20.8 Å². The summed E-state index contributed by atoms with van der Waals surface area (Å²) >= 11 is 8.91.